The molecule has 0 radical (unpaired) electrons. The summed E-state index contributed by atoms with van der Waals surface area (Å²) in [7, 11) is 0. The molecule has 0 spiro atoms. The van der Waals surface area contributed by atoms with E-state index in [9.17, 15) is 4.79 Å². The summed E-state index contributed by atoms with van der Waals surface area (Å²) in [6, 6.07) is 17.8. The zero-order chi connectivity index (χ0) is 20.9. The molecule has 2 aromatic carbocycles. The van der Waals surface area contributed by atoms with E-state index in [2.05, 4.69) is 27.9 Å². The smallest absolute Gasteiger partial charge is 0.221 e. The summed E-state index contributed by atoms with van der Waals surface area (Å²) in [5.41, 5.74) is 3.81. The lowest BCUT2D eigenvalue weighted by atomic mass is 10.2. The standard InChI is InChI=1S/C19H20N4O.2C2H6/c1-14-12-20-23(13-16-8-4-3-5-9-16)19(14)22-18-11-7-6-10-17(18)21-15(2)24;2*1-2/h3-12,22H,13H2,1-2H3,(H,21,24);2*1-2H3. The molecule has 1 amide bonds. The molecule has 0 unspecified atom stereocenters. The van der Waals surface area contributed by atoms with E-state index >= 15 is 0 Å². The molecule has 1 aromatic heterocycles. The van der Waals surface area contributed by atoms with Crippen LogP contribution in [0.25, 0.3) is 0 Å². The van der Waals surface area contributed by atoms with Crippen molar-refractivity contribution in [1.29, 1.82) is 0 Å². The van der Waals surface area contributed by atoms with Gasteiger partial charge in [0, 0.05) is 12.5 Å². The minimum atomic E-state index is -0.0984. The first-order chi connectivity index (χ1) is 13.6. The molecule has 0 fully saturated rings. The maximum atomic E-state index is 11.4. The van der Waals surface area contributed by atoms with E-state index in [1.165, 1.54) is 12.5 Å². The summed E-state index contributed by atoms with van der Waals surface area (Å²) < 4.78 is 1.93. The number of amides is 1. The first-order valence-electron chi connectivity index (χ1n) is 9.83. The molecule has 3 rings (SSSR count). The van der Waals surface area contributed by atoms with Crippen LogP contribution in [0.1, 0.15) is 45.7 Å². The van der Waals surface area contributed by atoms with E-state index in [0.717, 1.165) is 22.8 Å². The molecular weight excluding hydrogens is 348 g/mol. The highest BCUT2D eigenvalue weighted by Gasteiger charge is 2.11. The zero-order valence-corrected chi connectivity index (χ0v) is 17.8. The summed E-state index contributed by atoms with van der Waals surface area (Å²) in [6.07, 6.45) is 1.84. The van der Waals surface area contributed by atoms with Crippen LogP contribution in [-0.2, 0) is 11.3 Å². The zero-order valence-electron chi connectivity index (χ0n) is 17.8. The van der Waals surface area contributed by atoms with Crippen LogP contribution < -0.4 is 10.6 Å². The van der Waals surface area contributed by atoms with E-state index in [1.807, 2.05) is 88.0 Å². The van der Waals surface area contributed by atoms with Crippen LogP contribution >= 0.6 is 0 Å². The Labute approximate surface area is 168 Å². The first-order valence-corrected chi connectivity index (χ1v) is 9.83. The number of para-hydroxylation sites is 2. The SMILES string of the molecule is CC.CC.CC(=O)Nc1ccccc1Nc1c(C)cnn1Cc1ccccc1. The van der Waals surface area contributed by atoms with Gasteiger partial charge >= 0.3 is 0 Å². The fourth-order valence-corrected chi connectivity index (χ4v) is 2.54. The number of nitrogens with one attached hydrogen (secondary N) is 2. The molecule has 3 aromatic rings. The highest BCUT2D eigenvalue weighted by molar-refractivity contribution is 5.93. The van der Waals surface area contributed by atoms with Crippen molar-refractivity contribution in [1.82, 2.24) is 9.78 Å². The average Bonchev–Trinajstić information content (AvgIpc) is 3.06. The van der Waals surface area contributed by atoms with Gasteiger partial charge in [0.15, 0.2) is 0 Å². The largest absolute Gasteiger partial charge is 0.339 e. The van der Waals surface area contributed by atoms with Gasteiger partial charge in [-0.2, -0.15) is 5.10 Å². The number of hydrogen-bond acceptors (Lipinski definition) is 3. The number of nitrogens with zero attached hydrogens (tertiary/aromatic N) is 2. The molecule has 5 heteroatoms. The Hall–Kier alpha value is -3.08. The third-order valence-electron chi connectivity index (χ3n) is 3.69. The fourth-order valence-electron chi connectivity index (χ4n) is 2.54. The Morgan fingerprint density at radius 2 is 1.50 bits per heavy atom. The number of carbonyl (C=O) groups is 1. The quantitative estimate of drug-likeness (QED) is 0.571. The number of rotatable bonds is 5. The van der Waals surface area contributed by atoms with Crippen molar-refractivity contribution in [3.8, 4) is 0 Å². The van der Waals surface area contributed by atoms with E-state index < -0.39 is 0 Å². The minimum absolute atomic E-state index is 0.0984. The molecule has 0 aliphatic rings. The second-order valence-corrected chi connectivity index (χ2v) is 5.67. The van der Waals surface area contributed by atoms with Crippen LogP contribution in [0.2, 0.25) is 0 Å². The van der Waals surface area contributed by atoms with Gasteiger partial charge in [0.1, 0.15) is 5.82 Å². The lowest BCUT2D eigenvalue weighted by Gasteiger charge is -2.15. The Kier molecular flexibility index (Phi) is 10.1. The van der Waals surface area contributed by atoms with Crippen molar-refractivity contribution in [3.05, 3.63) is 71.9 Å². The van der Waals surface area contributed by atoms with Crippen molar-refractivity contribution >= 4 is 23.1 Å². The Morgan fingerprint density at radius 1 is 0.929 bits per heavy atom. The second-order valence-electron chi connectivity index (χ2n) is 5.67. The Morgan fingerprint density at radius 3 is 2.11 bits per heavy atom. The second kappa shape index (κ2) is 12.3. The first kappa shape index (κ1) is 23.0. The maximum Gasteiger partial charge on any atom is 0.221 e. The van der Waals surface area contributed by atoms with Gasteiger partial charge in [0.05, 0.1) is 24.1 Å². The molecule has 0 saturated carbocycles. The van der Waals surface area contributed by atoms with Crippen LogP contribution in [0, 0.1) is 6.92 Å². The van der Waals surface area contributed by atoms with Crippen LogP contribution in [0.3, 0.4) is 0 Å². The molecule has 2 N–H and O–H groups in total. The van der Waals surface area contributed by atoms with Gasteiger partial charge in [-0.1, -0.05) is 70.2 Å². The Balaban J connectivity index is 0.000000921. The third-order valence-corrected chi connectivity index (χ3v) is 3.69. The van der Waals surface area contributed by atoms with Gasteiger partial charge < -0.3 is 10.6 Å². The molecular formula is C23H32N4O. The van der Waals surface area contributed by atoms with Gasteiger partial charge in [0.25, 0.3) is 0 Å². The van der Waals surface area contributed by atoms with Crippen LogP contribution in [0.4, 0.5) is 17.2 Å². The Bertz CT molecular complexity index is 841. The van der Waals surface area contributed by atoms with E-state index in [4.69, 9.17) is 0 Å². The van der Waals surface area contributed by atoms with Gasteiger partial charge in [-0.25, -0.2) is 4.68 Å². The predicted molar refractivity (Wildman–Crippen MR) is 119 cm³/mol. The van der Waals surface area contributed by atoms with E-state index in [0.29, 0.717) is 6.54 Å². The minimum Gasteiger partial charge on any atom is -0.339 e. The molecule has 28 heavy (non-hydrogen) atoms. The molecule has 0 saturated heterocycles. The highest BCUT2D eigenvalue weighted by Crippen LogP contribution is 2.27. The lowest BCUT2D eigenvalue weighted by Crippen LogP contribution is -2.10. The van der Waals surface area contributed by atoms with Crippen molar-refractivity contribution < 1.29 is 4.79 Å². The summed E-state index contributed by atoms with van der Waals surface area (Å²) in [4.78, 5) is 11.4. The molecule has 5 nitrogen and oxygen atoms in total. The van der Waals surface area contributed by atoms with Gasteiger partial charge in [-0.3, -0.25) is 4.79 Å². The molecule has 0 bridgehead atoms. The van der Waals surface area contributed by atoms with Crippen LogP contribution in [0.15, 0.2) is 60.8 Å². The molecule has 0 aliphatic heterocycles. The topological polar surface area (TPSA) is 59.0 Å². The molecule has 0 atom stereocenters. The number of hydrogen-bond donors (Lipinski definition) is 2. The molecule has 0 aliphatic carbocycles. The number of anilines is 3. The van der Waals surface area contributed by atoms with E-state index in [1.54, 1.807) is 0 Å². The van der Waals surface area contributed by atoms with Gasteiger partial charge in [0.2, 0.25) is 5.91 Å². The summed E-state index contributed by atoms with van der Waals surface area (Å²) in [5, 5.41) is 10.7. The maximum absolute atomic E-state index is 11.4. The number of carbonyl (C=O) groups excluding carboxylic acids is 1. The lowest BCUT2D eigenvalue weighted by molar-refractivity contribution is -0.114. The normalized spacial score (nSPS) is 9.36. The number of benzene rings is 2. The number of aryl methyl sites for hydroxylation is 1. The van der Waals surface area contributed by atoms with Gasteiger partial charge in [-0.15, -0.1) is 0 Å². The highest BCUT2D eigenvalue weighted by atomic mass is 16.1. The predicted octanol–water partition coefficient (Wildman–Crippen LogP) is 5.99. The molecule has 150 valence electrons. The van der Waals surface area contributed by atoms with Crippen molar-refractivity contribution in [3.63, 3.8) is 0 Å². The average molecular weight is 381 g/mol. The monoisotopic (exact) mass is 380 g/mol. The van der Waals surface area contributed by atoms with Gasteiger partial charge in [-0.05, 0) is 24.6 Å². The summed E-state index contributed by atoms with van der Waals surface area (Å²) in [5.74, 6) is 0.815. The fraction of sp³-hybridized carbons (Fsp3) is 0.304. The third kappa shape index (κ3) is 6.58. The number of aromatic nitrogens is 2. The summed E-state index contributed by atoms with van der Waals surface area (Å²) in [6.45, 7) is 12.2. The van der Waals surface area contributed by atoms with Crippen molar-refractivity contribution in [2.75, 3.05) is 10.6 Å². The van der Waals surface area contributed by atoms with Crippen LogP contribution in [0.5, 0.6) is 0 Å². The van der Waals surface area contributed by atoms with Crippen molar-refractivity contribution in [2.24, 2.45) is 0 Å². The summed E-state index contributed by atoms with van der Waals surface area (Å²) >= 11 is 0. The van der Waals surface area contributed by atoms with E-state index in [-0.39, 0.29) is 5.91 Å². The van der Waals surface area contributed by atoms with Crippen molar-refractivity contribution in [2.45, 2.75) is 48.1 Å². The molecule has 1 heterocycles. The van der Waals surface area contributed by atoms with Crippen LogP contribution in [-0.4, -0.2) is 15.7 Å².